The number of thiazole rings is 1. The van der Waals surface area contributed by atoms with Gasteiger partial charge in [0.05, 0.1) is 12.1 Å². The van der Waals surface area contributed by atoms with E-state index in [0.717, 1.165) is 17.1 Å². The summed E-state index contributed by atoms with van der Waals surface area (Å²) < 4.78 is 0. The molecule has 0 spiro atoms. The Morgan fingerprint density at radius 3 is 2.61 bits per heavy atom. The molecule has 100 valence electrons. The van der Waals surface area contributed by atoms with Crippen LogP contribution in [0.2, 0.25) is 0 Å². The van der Waals surface area contributed by atoms with E-state index in [1.807, 2.05) is 0 Å². The SMILES string of the molecule is CC(C)(C)c1csc(CC(=O)CC2CCCC2)n1. The van der Waals surface area contributed by atoms with Crippen LogP contribution in [-0.2, 0) is 16.6 Å². The number of carbonyl (C=O) groups is 1. The zero-order valence-corrected chi connectivity index (χ0v) is 12.5. The fraction of sp³-hybridized carbons (Fsp3) is 0.733. The first-order chi connectivity index (χ1) is 8.45. The minimum absolute atomic E-state index is 0.0866. The molecule has 0 unspecified atom stereocenters. The Bertz CT molecular complexity index is 410. The number of Topliss-reactive ketones (excluding diaryl/α,β-unsaturated/α-hetero) is 1. The van der Waals surface area contributed by atoms with Gasteiger partial charge in [-0.05, 0) is 5.92 Å². The van der Waals surface area contributed by atoms with Crippen molar-refractivity contribution in [3.8, 4) is 0 Å². The molecular formula is C15H23NOS. The maximum atomic E-state index is 12.0. The van der Waals surface area contributed by atoms with E-state index in [-0.39, 0.29) is 5.41 Å². The molecule has 0 atom stereocenters. The Labute approximate surface area is 114 Å². The fourth-order valence-corrected chi connectivity index (χ4v) is 3.56. The van der Waals surface area contributed by atoms with Gasteiger partial charge in [-0.2, -0.15) is 0 Å². The Balaban J connectivity index is 1.88. The normalized spacial score (nSPS) is 17.3. The molecule has 0 aliphatic heterocycles. The Morgan fingerprint density at radius 2 is 2.06 bits per heavy atom. The van der Waals surface area contributed by atoms with Gasteiger partial charge >= 0.3 is 0 Å². The van der Waals surface area contributed by atoms with Crippen LogP contribution in [0, 0.1) is 5.92 Å². The quantitative estimate of drug-likeness (QED) is 0.819. The third-order valence-corrected chi connectivity index (χ3v) is 4.51. The highest BCUT2D eigenvalue weighted by Gasteiger charge is 2.21. The molecule has 0 amide bonds. The highest BCUT2D eigenvalue weighted by atomic mass is 32.1. The summed E-state index contributed by atoms with van der Waals surface area (Å²) in [7, 11) is 0. The number of hydrogen-bond acceptors (Lipinski definition) is 3. The summed E-state index contributed by atoms with van der Waals surface area (Å²) in [4.78, 5) is 16.6. The molecule has 1 fully saturated rings. The van der Waals surface area contributed by atoms with Gasteiger partial charge in [0.25, 0.3) is 0 Å². The minimum Gasteiger partial charge on any atom is -0.299 e. The lowest BCUT2D eigenvalue weighted by Gasteiger charge is -2.14. The van der Waals surface area contributed by atoms with Crippen molar-refractivity contribution in [3.63, 3.8) is 0 Å². The lowest BCUT2D eigenvalue weighted by Crippen LogP contribution is -2.12. The van der Waals surface area contributed by atoms with E-state index in [1.165, 1.54) is 25.7 Å². The molecule has 1 aromatic heterocycles. The number of rotatable bonds is 4. The second-order valence-corrected chi connectivity index (χ2v) is 7.39. The lowest BCUT2D eigenvalue weighted by atomic mass is 9.93. The van der Waals surface area contributed by atoms with E-state index in [4.69, 9.17) is 0 Å². The third kappa shape index (κ3) is 3.64. The summed E-state index contributed by atoms with van der Waals surface area (Å²) in [6, 6.07) is 0. The Morgan fingerprint density at radius 1 is 1.39 bits per heavy atom. The van der Waals surface area contributed by atoms with Crippen molar-refractivity contribution in [1.29, 1.82) is 0 Å². The summed E-state index contributed by atoms with van der Waals surface area (Å²) in [5.41, 5.74) is 1.19. The largest absolute Gasteiger partial charge is 0.299 e. The molecule has 1 aromatic rings. The van der Waals surface area contributed by atoms with Crippen molar-refractivity contribution in [2.24, 2.45) is 5.92 Å². The highest BCUT2D eigenvalue weighted by molar-refractivity contribution is 7.09. The number of ketones is 1. The molecule has 0 N–H and O–H groups in total. The Hall–Kier alpha value is -0.700. The maximum absolute atomic E-state index is 12.0. The summed E-state index contributed by atoms with van der Waals surface area (Å²) in [6.07, 6.45) is 6.42. The molecule has 1 saturated carbocycles. The van der Waals surface area contributed by atoms with Crippen molar-refractivity contribution >= 4 is 17.1 Å². The number of hydrogen-bond donors (Lipinski definition) is 0. The monoisotopic (exact) mass is 265 g/mol. The first kappa shape index (κ1) is 13.7. The highest BCUT2D eigenvalue weighted by Crippen LogP contribution is 2.29. The van der Waals surface area contributed by atoms with E-state index in [2.05, 4.69) is 31.1 Å². The fourth-order valence-electron chi connectivity index (χ4n) is 2.51. The molecular weight excluding hydrogens is 242 g/mol. The zero-order valence-electron chi connectivity index (χ0n) is 11.7. The molecule has 2 nitrogen and oxygen atoms in total. The van der Waals surface area contributed by atoms with E-state index in [1.54, 1.807) is 11.3 Å². The van der Waals surface area contributed by atoms with E-state index in [0.29, 0.717) is 18.1 Å². The second kappa shape index (κ2) is 5.52. The molecule has 0 radical (unpaired) electrons. The van der Waals surface area contributed by atoms with Gasteiger partial charge in [0.15, 0.2) is 0 Å². The van der Waals surface area contributed by atoms with Crippen molar-refractivity contribution < 1.29 is 4.79 Å². The van der Waals surface area contributed by atoms with Crippen LogP contribution >= 0.6 is 11.3 Å². The van der Waals surface area contributed by atoms with Crippen LogP contribution in [0.5, 0.6) is 0 Å². The Kier molecular flexibility index (Phi) is 4.21. The van der Waals surface area contributed by atoms with E-state index >= 15 is 0 Å². The minimum atomic E-state index is 0.0866. The number of aromatic nitrogens is 1. The average Bonchev–Trinajstić information content (AvgIpc) is 2.87. The van der Waals surface area contributed by atoms with Crippen LogP contribution in [-0.4, -0.2) is 10.8 Å². The van der Waals surface area contributed by atoms with Crippen LogP contribution in [0.25, 0.3) is 0 Å². The van der Waals surface area contributed by atoms with Crippen molar-refractivity contribution in [3.05, 3.63) is 16.1 Å². The third-order valence-electron chi connectivity index (χ3n) is 3.66. The predicted molar refractivity (Wildman–Crippen MR) is 76.1 cm³/mol. The average molecular weight is 265 g/mol. The van der Waals surface area contributed by atoms with E-state index < -0.39 is 0 Å². The summed E-state index contributed by atoms with van der Waals surface area (Å²) in [5.74, 6) is 1.02. The van der Waals surface area contributed by atoms with Crippen molar-refractivity contribution in [2.45, 2.75) is 64.7 Å². The molecule has 1 aliphatic rings. The summed E-state index contributed by atoms with van der Waals surface area (Å²) in [6.45, 7) is 6.48. The zero-order chi connectivity index (χ0) is 13.2. The van der Waals surface area contributed by atoms with Gasteiger partial charge in [0.2, 0.25) is 0 Å². The standard InChI is InChI=1S/C15H23NOS/c1-15(2,3)13-10-18-14(16-13)9-12(17)8-11-6-4-5-7-11/h10-11H,4-9H2,1-3H3. The topological polar surface area (TPSA) is 30.0 Å². The first-order valence-corrected chi connectivity index (χ1v) is 7.79. The van der Waals surface area contributed by atoms with Gasteiger partial charge in [0, 0.05) is 17.2 Å². The van der Waals surface area contributed by atoms with Crippen molar-refractivity contribution in [2.75, 3.05) is 0 Å². The van der Waals surface area contributed by atoms with Gasteiger partial charge in [0.1, 0.15) is 10.8 Å². The molecule has 0 aromatic carbocycles. The summed E-state index contributed by atoms with van der Waals surface area (Å²) in [5, 5.41) is 3.08. The number of carbonyl (C=O) groups excluding carboxylic acids is 1. The molecule has 18 heavy (non-hydrogen) atoms. The molecule has 1 aliphatic carbocycles. The van der Waals surface area contributed by atoms with Gasteiger partial charge in [-0.15, -0.1) is 11.3 Å². The molecule has 0 saturated heterocycles. The predicted octanol–water partition coefficient (Wildman–Crippen LogP) is 4.13. The van der Waals surface area contributed by atoms with Crippen LogP contribution in [0.3, 0.4) is 0 Å². The van der Waals surface area contributed by atoms with Crippen LogP contribution in [0.1, 0.15) is 63.6 Å². The first-order valence-electron chi connectivity index (χ1n) is 6.92. The molecule has 0 bridgehead atoms. The van der Waals surface area contributed by atoms with Gasteiger partial charge in [-0.1, -0.05) is 46.5 Å². The van der Waals surface area contributed by atoms with Gasteiger partial charge in [-0.25, -0.2) is 4.98 Å². The van der Waals surface area contributed by atoms with Crippen molar-refractivity contribution in [1.82, 2.24) is 4.98 Å². The van der Waals surface area contributed by atoms with Gasteiger partial charge < -0.3 is 0 Å². The second-order valence-electron chi connectivity index (χ2n) is 6.45. The summed E-state index contributed by atoms with van der Waals surface area (Å²) >= 11 is 1.63. The van der Waals surface area contributed by atoms with Crippen LogP contribution in [0.4, 0.5) is 0 Å². The number of nitrogens with zero attached hydrogens (tertiary/aromatic N) is 1. The maximum Gasteiger partial charge on any atom is 0.139 e. The van der Waals surface area contributed by atoms with Gasteiger partial charge in [-0.3, -0.25) is 4.79 Å². The van der Waals surface area contributed by atoms with Crippen LogP contribution < -0.4 is 0 Å². The van der Waals surface area contributed by atoms with Crippen LogP contribution in [0.15, 0.2) is 5.38 Å². The smallest absolute Gasteiger partial charge is 0.139 e. The molecule has 2 rings (SSSR count). The van der Waals surface area contributed by atoms with E-state index in [9.17, 15) is 4.79 Å². The lowest BCUT2D eigenvalue weighted by molar-refractivity contribution is -0.119. The molecule has 3 heteroatoms. The molecule has 1 heterocycles.